The monoisotopic (exact) mass is 519 g/mol. The molecule has 0 radical (unpaired) electrons. The van der Waals surface area contributed by atoms with Gasteiger partial charge in [-0.2, -0.15) is 0 Å². The lowest BCUT2D eigenvalue weighted by atomic mass is 10.0. The molecule has 188 valence electrons. The average Bonchev–Trinajstić information content (AvgIpc) is 3.37. The van der Waals surface area contributed by atoms with Crippen LogP contribution < -0.4 is 9.80 Å². The molecule has 7 nitrogen and oxygen atoms in total. The summed E-state index contributed by atoms with van der Waals surface area (Å²) in [4.78, 5) is 60.9. The number of nitrogens with zero attached hydrogens (tertiary/aromatic N) is 3. The summed E-state index contributed by atoms with van der Waals surface area (Å²) in [5.41, 5.74) is 1.89. The molecule has 4 amide bonds. The Balaban J connectivity index is 1.25. The van der Waals surface area contributed by atoms with Crippen LogP contribution in [-0.4, -0.2) is 28.6 Å². The number of amides is 4. The highest BCUT2D eigenvalue weighted by molar-refractivity contribution is 6.37. The molecular weight excluding hydrogens is 502 g/mol. The fourth-order valence-corrected chi connectivity index (χ4v) is 5.71. The maximum atomic E-state index is 13.6. The number of benzene rings is 5. The van der Waals surface area contributed by atoms with E-state index in [1.54, 1.807) is 54.6 Å². The molecule has 8 rings (SSSR count). The Bertz CT molecular complexity index is 2060. The maximum Gasteiger partial charge on any atom is 0.267 e. The summed E-state index contributed by atoms with van der Waals surface area (Å²) < 4.78 is 0. The van der Waals surface area contributed by atoms with E-state index in [1.807, 2.05) is 48.5 Å². The normalized spacial score (nSPS) is 14.6. The molecule has 3 heterocycles. The third-order valence-electron chi connectivity index (χ3n) is 7.66. The smallest absolute Gasteiger partial charge is 0.267 e. The first-order chi connectivity index (χ1) is 19.5. The van der Waals surface area contributed by atoms with Crippen molar-refractivity contribution in [3.63, 3.8) is 0 Å². The van der Waals surface area contributed by atoms with Crippen LogP contribution in [0.15, 0.2) is 103 Å². The largest absolute Gasteiger partial charge is 0.268 e. The van der Waals surface area contributed by atoms with E-state index < -0.39 is 23.6 Å². The molecule has 0 aliphatic carbocycles. The van der Waals surface area contributed by atoms with Gasteiger partial charge in [0.1, 0.15) is 5.82 Å². The molecule has 0 atom stereocenters. The molecule has 0 saturated carbocycles. The number of carbonyl (C=O) groups excluding carboxylic acids is 4. The zero-order chi connectivity index (χ0) is 27.1. The number of carbonyl (C=O) groups is 4. The number of rotatable bonds is 2. The maximum absolute atomic E-state index is 13.6. The molecule has 0 unspecified atom stereocenters. The van der Waals surface area contributed by atoms with Crippen molar-refractivity contribution in [2.45, 2.75) is 0 Å². The molecule has 0 bridgehead atoms. The first kappa shape index (κ1) is 22.3. The van der Waals surface area contributed by atoms with Crippen molar-refractivity contribution < 1.29 is 19.2 Å². The van der Waals surface area contributed by atoms with Gasteiger partial charge >= 0.3 is 0 Å². The Morgan fingerprint density at radius 3 is 1.32 bits per heavy atom. The number of anilines is 2. The van der Waals surface area contributed by atoms with Crippen molar-refractivity contribution >= 4 is 67.6 Å². The van der Waals surface area contributed by atoms with Crippen molar-refractivity contribution in [2.24, 2.45) is 0 Å². The van der Waals surface area contributed by atoms with Crippen LogP contribution in [0.2, 0.25) is 0 Å². The Hall–Kier alpha value is -5.69. The van der Waals surface area contributed by atoms with Gasteiger partial charge in [0.25, 0.3) is 23.6 Å². The molecule has 0 spiro atoms. The Morgan fingerprint density at radius 1 is 0.425 bits per heavy atom. The van der Waals surface area contributed by atoms with Gasteiger partial charge in [-0.05, 0) is 64.0 Å². The van der Waals surface area contributed by atoms with E-state index in [1.165, 1.54) is 0 Å². The quantitative estimate of drug-likeness (QED) is 0.256. The average molecular weight is 520 g/mol. The predicted octanol–water partition coefficient (Wildman–Crippen LogP) is 6.14. The highest BCUT2D eigenvalue weighted by Gasteiger charge is 2.40. The van der Waals surface area contributed by atoms with Gasteiger partial charge in [-0.1, -0.05) is 60.7 Å². The lowest BCUT2D eigenvalue weighted by Crippen LogP contribution is -2.31. The van der Waals surface area contributed by atoms with Crippen LogP contribution in [0.5, 0.6) is 0 Å². The number of hydrogen-bond donors (Lipinski definition) is 0. The van der Waals surface area contributed by atoms with Gasteiger partial charge in [0, 0.05) is 5.39 Å². The summed E-state index contributed by atoms with van der Waals surface area (Å²) in [6, 6.07) is 30.5. The second kappa shape index (κ2) is 7.91. The lowest BCUT2D eigenvalue weighted by Gasteiger charge is -2.18. The van der Waals surface area contributed by atoms with Crippen molar-refractivity contribution in [1.82, 2.24) is 4.98 Å². The topological polar surface area (TPSA) is 87.7 Å². The molecule has 5 aromatic carbocycles. The summed E-state index contributed by atoms with van der Waals surface area (Å²) in [6.07, 6.45) is 0. The van der Waals surface area contributed by atoms with Gasteiger partial charge in [0.05, 0.1) is 33.5 Å². The molecule has 2 aliphatic heterocycles. The Kier molecular flexibility index (Phi) is 4.41. The number of fused-ring (bicyclic) bond motifs is 5. The van der Waals surface area contributed by atoms with Crippen LogP contribution >= 0.6 is 0 Å². The Labute approximate surface area is 226 Å². The number of imide groups is 2. The lowest BCUT2D eigenvalue weighted by molar-refractivity contribution is 0.0909. The summed E-state index contributed by atoms with van der Waals surface area (Å²) in [6.45, 7) is 0. The van der Waals surface area contributed by atoms with Gasteiger partial charge in [0.2, 0.25) is 0 Å². The van der Waals surface area contributed by atoms with E-state index in [0.717, 1.165) is 31.3 Å². The first-order valence-electron chi connectivity index (χ1n) is 12.7. The van der Waals surface area contributed by atoms with E-state index in [0.29, 0.717) is 33.2 Å². The van der Waals surface area contributed by atoms with Gasteiger partial charge < -0.3 is 0 Å². The van der Waals surface area contributed by atoms with Crippen LogP contribution in [0, 0.1) is 0 Å². The minimum Gasteiger partial charge on any atom is -0.268 e. The second-order valence-corrected chi connectivity index (χ2v) is 9.90. The fraction of sp³-hybridized carbons (Fsp3) is 0. The van der Waals surface area contributed by atoms with Crippen LogP contribution in [0.3, 0.4) is 0 Å². The van der Waals surface area contributed by atoms with E-state index in [4.69, 9.17) is 0 Å². The third kappa shape index (κ3) is 2.97. The number of para-hydroxylation sites is 1. The van der Waals surface area contributed by atoms with Gasteiger partial charge in [-0.3, -0.25) is 19.2 Å². The molecule has 1 aromatic heterocycles. The molecule has 7 heteroatoms. The van der Waals surface area contributed by atoms with Crippen molar-refractivity contribution in [3.8, 4) is 0 Å². The standard InChI is InChI=1S/C33H17N3O4/c37-30-23-14-19-6-1-2-7-20(19)15-24(23)31(38)35(30)27-11-5-10-18-12-13-28(34-29(18)27)36-32(39)25-16-21-8-3-4-9-22(21)17-26(25)33(36)40/h1-17H. The molecule has 0 N–H and O–H groups in total. The summed E-state index contributed by atoms with van der Waals surface area (Å²) in [5.74, 6) is -1.71. The molecule has 0 fully saturated rings. The third-order valence-corrected chi connectivity index (χ3v) is 7.66. The Morgan fingerprint density at radius 2 is 0.850 bits per heavy atom. The fourth-order valence-electron chi connectivity index (χ4n) is 5.71. The highest BCUT2D eigenvalue weighted by Crippen LogP contribution is 2.37. The van der Waals surface area contributed by atoms with Crippen LogP contribution in [-0.2, 0) is 0 Å². The second-order valence-electron chi connectivity index (χ2n) is 9.90. The zero-order valence-electron chi connectivity index (χ0n) is 20.8. The minimum absolute atomic E-state index is 0.123. The summed E-state index contributed by atoms with van der Waals surface area (Å²) >= 11 is 0. The van der Waals surface area contributed by atoms with Gasteiger partial charge in [-0.25, -0.2) is 14.8 Å². The SMILES string of the molecule is O=C1c2cc3ccccc3cc2C(=O)N1c1ccc2cccc(N3C(=O)c4cc5ccccc5cc4C3=O)c2n1. The van der Waals surface area contributed by atoms with E-state index in [9.17, 15) is 19.2 Å². The van der Waals surface area contributed by atoms with Crippen LogP contribution in [0.1, 0.15) is 41.4 Å². The minimum atomic E-state index is -0.470. The van der Waals surface area contributed by atoms with Crippen molar-refractivity contribution in [1.29, 1.82) is 0 Å². The van der Waals surface area contributed by atoms with E-state index >= 15 is 0 Å². The molecule has 0 saturated heterocycles. The number of hydrogen-bond acceptors (Lipinski definition) is 5. The van der Waals surface area contributed by atoms with Gasteiger partial charge in [-0.15, -0.1) is 0 Å². The number of pyridine rings is 1. The van der Waals surface area contributed by atoms with E-state index in [2.05, 4.69) is 4.98 Å². The molecule has 2 aliphatic rings. The molecule has 40 heavy (non-hydrogen) atoms. The van der Waals surface area contributed by atoms with Crippen molar-refractivity contribution in [3.05, 3.63) is 125 Å². The van der Waals surface area contributed by atoms with Crippen molar-refractivity contribution in [2.75, 3.05) is 9.80 Å². The van der Waals surface area contributed by atoms with Gasteiger partial charge in [0.15, 0.2) is 0 Å². The summed E-state index contributed by atoms with van der Waals surface area (Å²) in [5, 5.41) is 4.10. The van der Waals surface area contributed by atoms with Crippen LogP contribution in [0.25, 0.3) is 32.4 Å². The zero-order valence-corrected chi connectivity index (χ0v) is 20.8. The van der Waals surface area contributed by atoms with Crippen LogP contribution in [0.4, 0.5) is 11.5 Å². The highest BCUT2D eigenvalue weighted by atomic mass is 16.2. The first-order valence-corrected chi connectivity index (χ1v) is 12.7. The summed E-state index contributed by atoms with van der Waals surface area (Å²) in [7, 11) is 0. The predicted molar refractivity (Wildman–Crippen MR) is 152 cm³/mol. The molecular formula is C33H17N3O4. The number of aromatic nitrogens is 1. The molecule has 6 aromatic rings. The van der Waals surface area contributed by atoms with E-state index in [-0.39, 0.29) is 11.5 Å².